The average molecular weight is 638 g/mol. The fourth-order valence-electron chi connectivity index (χ4n) is 3.79. The number of rotatable bonds is 10. The van der Waals surface area contributed by atoms with Gasteiger partial charge in [0, 0.05) is 42.3 Å². The molecule has 3 N–H and O–H groups in total. The molecule has 3 atom stereocenters. The molecule has 2 amide bonds. The van der Waals surface area contributed by atoms with Gasteiger partial charge in [-0.25, -0.2) is 0 Å². The number of nitrogens with one attached hydrogen (secondary N) is 3. The summed E-state index contributed by atoms with van der Waals surface area (Å²) in [7, 11) is 0.446. The minimum Gasteiger partial charge on any atom is -0.353 e. The van der Waals surface area contributed by atoms with Crippen LogP contribution in [0.1, 0.15) is 58.6 Å². The summed E-state index contributed by atoms with van der Waals surface area (Å²) in [5.41, 5.74) is 0.681. The number of aromatic amines is 1. The van der Waals surface area contributed by atoms with Crippen molar-refractivity contribution in [3.8, 4) is 0 Å². The van der Waals surface area contributed by atoms with E-state index in [4.69, 9.17) is 0 Å². The fraction of sp³-hybridized carbons (Fsp3) is 0.800. The molecule has 1 aromatic rings. The number of unbranched alkanes of at least 4 members (excludes halogenated alkanes) is 1. The van der Waals surface area contributed by atoms with E-state index < -0.39 is 0 Å². The van der Waals surface area contributed by atoms with Gasteiger partial charge in [0.25, 0.3) is 0 Å². The molecule has 2 aliphatic rings. The Morgan fingerprint density at radius 1 is 1.27 bits per heavy atom. The first-order valence-electron chi connectivity index (χ1n) is 10.7. The third-order valence-electron chi connectivity index (χ3n) is 5.62. The number of aromatic nitrogens is 3. The Morgan fingerprint density at radius 3 is 2.60 bits per heavy atom. The molecule has 0 unspecified atom stereocenters. The molecule has 2 fully saturated rings. The number of hydrogen-bond acceptors (Lipinski definition) is 5. The number of carbonyl (C=O) groups excluding carboxylic acids is 2. The standard InChI is InChI=1S/C14H20N5O2S.C6H15P.Au/c20-13(15-6-9-7-16-19-18-9)4-2-1-3-12-10-5-14(21)17-11(10)8-22-12;1-4-7(5-2)6-3;/h10-12H,1-6,8H2,(H,15,20)(H,17,21)(H,16,18,19);4-6H2,1-3H3;/q-1;;+1/t10-,11-,12-;;/m0../s1. The third kappa shape index (κ3) is 9.39. The van der Waals surface area contributed by atoms with Gasteiger partial charge in [0.1, 0.15) is 0 Å². The summed E-state index contributed by atoms with van der Waals surface area (Å²) in [5, 5.41) is 16.2. The van der Waals surface area contributed by atoms with Crippen molar-refractivity contribution >= 4 is 31.5 Å². The molecule has 3 rings (SSSR count). The minimum absolute atomic E-state index is 0. The smallest absolute Gasteiger partial charge is 0.353 e. The minimum atomic E-state index is 0. The second kappa shape index (κ2) is 15.4. The first-order valence-corrected chi connectivity index (χ1v) is 13.7. The summed E-state index contributed by atoms with van der Waals surface area (Å²) < 4.78 is 0. The number of amides is 2. The molecule has 0 spiro atoms. The number of hydrogen-bond donors (Lipinski definition) is 3. The zero-order valence-corrected chi connectivity index (χ0v) is 22.0. The Kier molecular flexibility index (Phi) is 14.2. The molecule has 2 aliphatic heterocycles. The second-order valence-corrected chi connectivity index (χ2v) is 12.0. The van der Waals surface area contributed by atoms with Crippen LogP contribution in [0.3, 0.4) is 0 Å². The largest absolute Gasteiger partial charge is 1.00 e. The van der Waals surface area contributed by atoms with E-state index >= 15 is 0 Å². The van der Waals surface area contributed by atoms with Crippen LogP contribution in [-0.4, -0.2) is 62.8 Å². The van der Waals surface area contributed by atoms with Gasteiger partial charge in [-0.2, -0.15) is 11.8 Å². The molecule has 30 heavy (non-hydrogen) atoms. The third-order valence-corrected chi connectivity index (χ3v) is 9.87. The summed E-state index contributed by atoms with van der Waals surface area (Å²) in [5.74, 6) is 1.77. The van der Waals surface area contributed by atoms with Gasteiger partial charge < -0.3 is 21.9 Å². The van der Waals surface area contributed by atoms with Crippen LogP contribution in [-0.2, 0) is 38.5 Å². The van der Waals surface area contributed by atoms with E-state index in [-0.39, 0.29) is 34.2 Å². The van der Waals surface area contributed by atoms with Crippen molar-refractivity contribution in [2.45, 2.75) is 70.7 Å². The quantitative estimate of drug-likeness (QED) is 0.159. The Bertz CT molecular complexity index is 613. The van der Waals surface area contributed by atoms with E-state index in [0.29, 0.717) is 50.2 Å². The summed E-state index contributed by atoms with van der Waals surface area (Å²) in [6, 6.07) is 0.380. The van der Waals surface area contributed by atoms with Crippen LogP contribution in [0, 0.1) is 12.1 Å². The number of thioether (sulfide) groups is 1. The van der Waals surface area contributed by atoms with Gasteiger partial charge in [-0.05, 0) is 31.3 Å². The van der Waals surface area contributed by atoms with E-state index in [9.17, 15) is 9.59 Å². The van der Waals surface area contributed by atoms with Crippen molar-refractivity contribution < 1.29 is 32.0 Å². The van der Waals surface area contributed by atoms with Crippen LogP contribution in [0.4, 0.5) is 0 Å². The molecule has 0 bridgehead atoms. The molecule has 1 aromatic heterocycles. The summed E-state index contributed by atoms with van der Waals surface area (Å²) in [6.07, 6.45) is 11.1. The Balaban J connectivity index is 0.000000489. The van der Waals surface area contributed by atoms with Gasteiger partial charge in [0.15, 0.2) is 0 Å². The fourth-order valence-corrected chi connectivity index (χ4v) is 6.78. The van der Waals surface area contributed by atoms with E-state index in [1.54, 1.807) is 0 Å². The molecule has 0 radical (unpaired) electrons. The molecular formula is C20H35AuN5O2PS. The normalized spacial score (nSPS) is 22.0. The van der Waals surface area contributed by atoms with Crippen LogP contribution in [0.25, 0.3) is 0 Å². The van der Waals surface area contributed by atoms with Crippen molar-refractivity contribution in [3.05, 3.63) is 11.9 Å². The Labute approximate surface area is 201 Å². The number of carbonyl (C=O) groups is 2. The van der Waals surface area contributed by atoms with E-state index in [1.807, 2.05) is 11.8 Å². The average Bonchev–Trinajstić information content (AvgIpc) is 3.44. The van der Waals surface area contributed by atoms with Gasteiger partial charge in [0.2, 0.25) is 11.8 Å². The van der Waals surface area contributed by atoms with Crippen molar-refractivity contribution in [1.82, 2.24) is 26.0 Å². The van der Waals surface area contributed by atoms with Crippen LogP contribution in [0.15, 0.2) is 0 Å². The van der Waals surface area contributed by atoms with Crippen LogP contribution >= 0.6 is 19.7 Å². The zero-order chi connectivity index (χ0) is 21.1. The zero-order valence-electron chi connectivity index (χ0n) is 18.2. The van der Waals surface area contributed by atoms with Gasteiger partial charge in [-0.15, -0.1) is 18.8 Å². The number of H-pyrrole nitrogens is 1. The van der Waals surface area contributed by atoms with Gasteiger partial charge in [-0.1, -0.05) is 27.2 Å². The summed E-state index contributed by atoms with van der Waals surface area (Å²) in [6.45, 7) is 7.26. The van der Waals surface area contributed by atoms with Crippen molar-refractivity contribution in [2.24, 2.45) is 5.92 Å². The predicted molar refractivity (Wildman–Crippen MR) is 120 cm³/mol. The molecule has 3 heterocycles. The van der Waals surface area contributed by atoms with Crippen molar-refractivity contribution in [2.75, 3.05) is 24.2 Å². The monoisotopic (exact) mass is 637 g/mol. The van der Waals surface area contributed by atoms with Gasteiger partial charge in [-0.3, -0.25) is 14.7 Å². The number of nitrogens with zero attached hydrogens (tertiary/aromatic N) is 2. The topological polar surface area (TPSA) is 99.8 Å². The van der Waals surface area contributed by atoms with Crippen LogP contribution in [0.2, 0.25) is 0 Å². The van der Waals surface area contributed by atoms with Crippen molar-refractivity contribution in [3.63, 3.8) is 0 Å². The molecule has 0 saturated carbocycles. The second-order valence-electron chi connectivity index (χ2n) is 7.46. The molecule has 7 nitrogen and oxygen atoms in total. The summed E-state index contributed by atoms with van der Waals surface area (Å²) in [4.78, 5) is 23.1. The molecule has 0 aromatic carbocycles. The first-order chi connectivity index (χ1) is 14.1. The van der Waals surface area contributed by atoms with Crippen LogP contribution in [0.5, 0.6) is 0 Å². The van der Waals surface area contributed by atoms with Crippen molar-refractivity contribution in [1.29, 1.82) is 0 Å². The van der Waals surface area contributed by atoms with Gasteiger partial charge >= 0.3 is 22.4 Å². The van der Waals surface area contributed by atoms with Crippen LogP contribution < -0.4 is 10.6 Å². The SMILES string of the molecule is CCP(CC)CC.O=C(CCCC[C@@H]1SC[C@@H]2NC(=O)C[C@@H]21)NCc1[c-]nn[nH]1.[Au+]. The molecular weight excluding hydrogens is 602 g/mol. The summed E-state index contributed by atoms with van der Waals surface area (Å²) >= 11 is 1.97. The van der Waals surface area contributed by atoms with E-state index in [1.165, 1.54) is 18.5 Å². The maximum atomic E-state index is 11.7. The molecule has 2 saturated heterocycles. The Hall–Kier alpha value is -0.400. The molecule has 10 heteroatoms. The maximum Gasteiger partial charge on any atom is 1.00 e. The molecule has 0 aliphatic carbocycles. The maximum absolute atomic E-state index is 11.7. The first kappa shape index (κ1) is 27.6. The number of fused-ring (bicyclic) bond motifs is 1. The molecule has 174 valence electrons. The predicted octanol–water partition coefficient (Wildman–Crippen LogP) is 2.93. The van der Waals surface area contributed by atoms with E-state index in [0.717, 1.165) is 25.0 Å². The van der Waals surface area contributed by atoms with E-state index in [2.05, 4.69) is 53.0 Å². The Morgan fingerprint density at radius 2 is 2.00 bits per heavy atom. The van der Waals surface area contributed by atoms with Gasteiger partial charge in [0.05, 0.1) is 0 Å².